The van der Waals surface area contributed by atoms with Crippen LogP contribution in [0, 0.1) is 0 Å². The van der Waals surface area contributed by atoms with E-state index in [9.17, 15) is 9.59 Å². The first-order valence-electron chi connectivity index (χ1n) is 5.80. The average Bonchev–Trinajstić information content (AvgIpc) is 2.27. The fourth-order valence-electron chi connectivity index (χ4n) is 0.994. The summed E-state index contributed by atoms with van der Waals surface area (Å²) in [5, 5.41) is 2.65. The normalized spacial score (nSPS) is 12.1. The van der Waals surface area contributed by atoms with Crippen molar-refractivity contribution in [3.8, 4) is 0 Å². The molecule has 0 saturated heterocycles. The highest BCUT2D eigenvalue weighted by atomic mass is 16.5. The van der Waals surface area contributed by atoms with Gasteiger partial charge in [0.25, 0.3) is 0 Å². The third-order valence-corrected chi connectivity index (χ3v) is 2.12. The van der Waals surface area contributed by atoms with E-state index in [0.29, 0.717) is 19.6 Å². The van der Waals surface area contributed by atoms with E-state index in [-0.39, 0.29) is 25.2 Å². The van der Waals surface area contributed by atoms with Crippen molar-refractivity contribution in [2.75, 3.05) is 26.4 Å². The van der Waals surface area contributed by atoms with Crippen LogP contribution in [0.15, 0.2) is 0 Å². The highest BCUT2D eigenvalue weighted by molar-refractivity contribution is 5.76. The molecule has 17 heavy (non-hydrogen) atoms. The molecule has 0 aromatic heterocycles. The zero-order valence-corrected chi connectivity index (χ0v) is 10.5. The molecule has 0 rings (SSSR count). The smallest absolute Gasteiger partial charge is 0.243 e. The number of carbonyl (C=O) groups excluding carboxylic acids is 2. The van der Waals surface area contributed by atoms with Crippen LogP contribution >= 0.6 is 0 Å². The molecular weight excluding hydrogens is 224 g/mol. The minimum atomic E-state index is -0.515. The van der Waals surface area contributed by atoms with Gasteiger partial charge in [-0.3, -0.25) is 9.59 Å². The average molecular weight is 246 g/mol. The summed E-state index contributed by atoms with van der Waals surface area (Å²) in [6.07, 6.45) is 1.45. The van der Waals surface area contributed by atoms with Crippen molar-refractivity contribution >= 4 is 11.8 Å². The summed E-state index contributed by atoms with van der Waals surface area (Å²) < 4.78 is 10.3. The molecule has 0 aliphatic carbocycles. The minimum Gasteiger partial charge on any atom is -0.378 e. The van der Waals surface area contributed by atoms with Crippen LogP contribution in [-0.4, -0.2) is 44.3 Å². The van der Waals surface area contributed by atoms with Crippen LogP contribution in [0.3, 0.4) is 0 Å². The van der Waals surface area contributed by atoms with Crippen molar-refractivity contribution in [3.63, 3.8) is 0 Å². The first-order valence-corrected chi connectivity index (χ1v) is 5.80. The number of amides is 2. The molecular formula is C11H22N2O4. The quantitative estimate of drug-likeness (QED) is 0.523. The lowest BCUT2D eigenvalue weighted by molar-refractivity contribution is -0.123. The first kappa shape index (κ1) is 15.9. The number of rotatable bonds is 10. The van der Waals surface area contributed by atoms with E-state index >= 15 is 0 Å². The van der Waals surface area contributed by atoms with Crippen molar-refractivity contribution in [3.05, 3.63) is 0 Å². The van der Waals surface area contributed by atoms with Gasteiger partial charge < -0.3 is 20.5 Å². The van der Waals surface area contributed by atoms with E-state index in [1.165, 1.54) is 0 Å². The van der Waals surface area contributed by atoms with Crippen molar-refractivity contribution in [1.82, 2.24) is 5.32 Å². The second kappa shape index (κ2) is 10.0. The number of hydrogen-bond acceptors (Lipinski definition) is 4. The van der Waals surface area contributed by atoms with Gasteiger partial charge in [0.05, 0.1) is 19.3 Å². The molecule has 3 N–H and O–H groups in total. The van der Waals surface area contributed by atoms with Crippen LogP contribution in [0.25, 0.3) is 0 Å². The predicted octanol–water partition coefficient (Wildman–Crippen LogP) is -0.190. The number of hydrogen-bond donors (Lipinski definition) is 2. The molecule has 1 unspecified atom stereocenters. The first-order chi connectivity index (χ1) is 8.06. The molecule has 0 aromatic rings. The monoisotopic (exact) mass is 246 g/mol. The summed E-state index contributed by atoms with van der Waals surface area (Å²) in [5.41, 5.74) is 4.87. The molecule has 1 atom stereocenters. The molecule has 0 fully saturated rings. The molecule has 2 amide bonds. The number of nitrogens with two attached hydrogens (primary N) is 1. The van der Waals surface area contributed by atoms with E-state index in [2.05, 4.69) is 5.32 Å². The summed E-state index contributed by atoms with van der Waals surface area (Å²) in [5.74, 6) is -0.603. The van der Waals surface area contributed by atoms with Crippen LogP contribution in [0.1, 0.15) is 26.7 Å². The van der Waals surface area contributed by atoms with Gasteiger partial charge in [-0.25, -0.2) is 0 Å². The van der Waals surface area contributed by atoms with Crippen molar-refractivity contribution in [1.29, 1.82) is 0 Å². The summed E-state index contributed by atoms with van der Waals surface area (Å²) in [6.45, 7) is 4.95. The van der Waals surface area contributed by atoms with Crippen LogP contribution in [0.5, 0.6) is 0 Å². The number of nitrogens with one attached hydrogen (secondary N) is 1. The zero-order chi connectivity index (χ0) is 13.1. The van der Waals surface area contributed by atoms with E-state index < -0.39 is 5.91 Å². The molecule has 100 valence electrons. The fourth-order valence-corrected chi connectivity index (χ4v) is 0.994. The fraction of sp³-hybridized carbons (Fsp3) is 0.818. The Morgan fingerprint density at radius 3 is 2.65 bits per heavy atom. The Kier molecular flexibility index (Phi) is 9.37. The highest BCUT2D eigenvalue weighted by Crippen LogP contribution is 1.96. The van der Waals surface area contributed by atoms with E-state index in [4.69, 9.17) is 15.2 Å². The highest BCUT2D eigenvalue weighted by Gasteiger charge is 2.03. The lowest BCUT2D eigenvalue weighted by Crippen LogP contribution is -2.29. The molecule has 0 heterocycles. The van der Waals surface area contributed by atoms with Gasteiger partial charge in [-0.2, -0.15) is 0 Å². The van der Waals surface area contributed by atoms with Crippen LogP contribution in [0.4, 0.5) is 0 Å². The Morgan fingerprint density at radius 2 is 2.06 bits per heavy atom. The Bertz CT molecular complexity index is 234. The SMILES string of the molecule is CCC(C)OCCC(=O)NCCOCC(N)=O. The van der Waals surface area contributed by atoms with Gasteiger partial charge in [-0.05, 0) is 13.3 Å². The van der Waals surface area contributed by atoms with Gasteiger partial charge in [-0.1, -0.05) is 6.92 Å². The molecule has 0 radical (unpaired) electrons. The van der Waals surface area contributed by atoms with Gasteiger partial charge >= 0.3 is 0 Å². The van der Waals surface area contributed by atoms with Crippen molar-refractivity contribution < 1.29 is 19.1 Å². The molecule has 0 aromatic carbocycles. The Hall–Kier alpha value is -1.14. The summed E-state index contributed by atoms with van der Waals surface area (Å²) in [6, 6.07) is 0. The molecule has 0 aliphatic rings. The molecule has 0 spiro atoms. The zero-order valence-electron chi connectivity index (χ0n) is 10.5. The maximum Gasteiger partial charge on any atom is 0.243 e. The van der Waals surface area contributed by atoms with Crippen LogP contribution in [-0.2, 0) is 19.1 Å². The Morgan fingerprint density at radius 1 is 1.35 bits per heavy atom. The second-order valence-corrected chi connectivity index (χ2v) is 3.71. The molecule has 0 saturated carbocycles. The van der Waals surface area contributed by atoms with Gasteiger partial charge in [0, 0.05) is 13.0 Å². The van der Waals surface area contributed by atoms with Crippen molar-refractivity contribution in [2.45, 2.75) is 32.8 Å². The van der Waals surface area contributed by atoms with Gasteiger partial charge in [0.15, 0.2) is 0 Å². The number of primary amides is 1. The van der Waals surface area contributed by atoms with Crippen LogP contribution < -0.4 is 11.1 Å². The predicted molar refractivity (Wildman–Crippen MR) is 63.3 cm³/mol. The van der Waals surface area contributed by atoms with E-state index in [1.807, 2.05) is 13.8 Å². The molecule has 0 aliphatic heterocycles. The topological polar surface area (TPSA) is 90.7 Å². The van der Waals surface area contributed by atoms with E-state index in [0.717, 1.165) is 6.42 Å². The summed E-state index contributed by atoms with van der Waals surface area (Å²) in [7, 11) is 0. The third kappa shape index (κ3) is 11.1. The standard InChI is InChI=1S/C11H22N2O4/c1-3-9(2)17-6-4-11(15)13-5-7-16-8-10(12)14/h9H,3-8H2,1-2H3,(H2,12,14)(H,13,15). The molecule has 6 heteroatoms. The van der Waals surface area contributed by atoms with Crippen molar-refractivity contribution in [2.24, 2.45) is 5.73 Å². The van der Waals surface area contributed by atoms with Crippen LogP contribution in [0.2, 0.25) is 0 Å². The summed E-state index contributed by atoms with van der Waals surface area (Å²) >= 11 is 0. The molecule has 6 nitrogen and oxygen atoms in total. The van der Waals surface area contributed by atoms with Gasteiger partial charge in [-0.15, -0.1) is 0 Å². The second-order valence-electron chi connectivity index (χ2n) is 3.71. The lowest BCUT2D eigenvalue weighted by atomic mass is 10.3. The Labute approximate surface area is 102 Å². The van der Waals surface area contributed by atoms with Gasteiger partial charge in [0.1, 0.15) is 6.61 Å². The maximum absolute atomic E-state index is 11.3. The largest absolute Gasteiger partial charge is 0.378 e. The summed E-state index contributed by atoms with van der Waals surface area (Å²) in [4.78, 5) is 21.6. The minimum absolute atomic E-state index is 0.0871. The maximum atomic E-state index is 11.3. The lowest BCUT2D eigenvalue weighted by Gasteiger charge is -2.10. The third-order valence-electron chi connectivity index (χ3n) is 2.12. The van der Waals surface area contributed by atoms with E-state index in [1.54, 1.807) is 0 Å². The number of carbonyl (C=O) groups is 2. The Balaban J connectivity index is 3.32. The van der Waals surface area contributed by atoms with Gasteiger partial charge in [0.2, 0.25) is 11.8 Å². The number of ether oxygens (including phenoxy) is 2. The molecule has 0 bridgehead atoms.